The number of aromatic amines is 2. The molecule has 0 radical (unpaired) electrons. The number of rotatable bonds is 5. The molecule has 8 nitrogen and oxygen atoms in total. The zero-order chi connectivity index (χ0) is 25.0. The molecule has 0 bridgehead atoms. The molecule has 0 aromatic carbocycles. The third kappa shape index (κ3) is 4.05. The smallest absolute Gasteiger partial charge is 0.261 e. The molecule has 0 unspecified atom stereocenters. The van der Waals surface area contributed by atoms with E-state index in [0.29, 0.717) is 35.9 Å². The minimum atomic E-state index is -2.62. The molecular weight excluding hydrogens is 494 g/mol. The summed E-state index contributed by atoms with van der Waals surface area (Å²) < 4.78 is 27.2. The van der Waals surface area contributed by atoms with Crippen LogP contribution < -0.4 is 0 Å². The standard InChI is InChI=1S/C26H20F2N8S/c27-26(28)4-6-36(14-26)13-15-8-16(11-29-10-15)17-9-19-22(34-35-23(19)31-12-17)25-32-21-18(20-2-1-7-37-20)3-5-30-24(21)33-25/h1-3,5,7-12H,4,6,13-14H2,(H,30,32,33)(H,31,34,35). The maximum atomic E-state index is 13.6. The van der Waals surface area contributed by atoms with Crippen molar-refractivity contribution >= 4 is 33.5 Å². The van der Waals surface area contributed by atoms with Gasteiger partial charge in [0.15, 0.2) is 17.1 Å². The van der Waals surface area contributed by atoms with Gasteiger partial charge in [0.1, 0.15) is 11.2 Å². The molecule has 0 aliphatic carbocycles. The summed E-state index contributed by atoms with van der Waals surface area (Å²) in [5.41, 5.74) is 6.35. The van der Waals surface area contributed by atoms with Crippen LogP contribution >= 0.6 is 11.3 Å². The topological polar surface area (TPSA) is 99.3 Å². The Morgan fingerprint density at radius 1 is 1.05 bits per heavy atom. The van der Waals surface area contributed by atoms with E-state index >= 15 is 0 Å². The van der Waals surface area contributed by atoms with Gasteiger partial charge in [0.25, 0.3) is 5.92 Å². The predicted molar refractivity (Wildman–Crippen MR) is 138 cm³/mol. The first-order chi connectivity index (χ1) is 18.0. The molecule has 37 heavy (non-hydrogen) atoms. The van der Waals surface area contributed by atoms with Gasteiger partial charge >= 0.3 is 0 Å². The van der Waals surface area contributed by atoms with E-state index in [1.165, 1.54) is 0 Å². The lowest BCUT2D eigenvalue weighted by molar-refractivity contribution is 0.0115. The fourth-order valence-corrected chi connectivity index (χ4v) is 5.58. The van der Waals surface area contributed by atoms with Crippen LogP contribution in [0.2, 0.25) is 0 Å². The summed E-state index contributed by atoms with van der Waals surface area (Å²) in [6.07, 6.45) is 6.90. The Labute approximate surface area is 213 Å². The fourth-order valence-electron chi connectivity index (χ4n) is 4.83. The Morgan fingerprint density at radius 3 is 2.81 bits per heavy atom. The number of aromatic nitrogens is 7. The van der Waals surface area contributed by atoms with Crippen molar-refractivity contribution in [1.82, 2.24) is 40.0 Å². The van der Waals surface area contributed by atoms with Crippen LogP contribution in [0.25, 0.3) is 55.3 Å². The van der Waals surface area contributed by atoms with Crippen LogP contribution in [-0.4, -0.2) is 59.0 Å². The van der Waals surface area contributed by atoms with Gasteiger partial charge in [0, 0.05) is 65.9 Å². The lowest BCUT2D eigenvalue weighted by Crippen LogP contribution is -2.24. The lowest BCUT2D eigenvalue weighted by atomic mass is 10.1. The first-order valence-corrected chi connectivity index (χ1v) is 12.7. The van der Waals surface area contributed by atoms with E-state index in [-0.39, 0.29) is 13.0 Å². The number of imidazole rings is 1. The maximum Gasteiger partial charge on any atom is 0.261 e. The average Bonchev–Trinajstić information content (AvgIpc) is 3.69. The van der Waals surface area contributed by atoms with E-state index in [1.807, 2.05) is 29.6 Å². The van der Waals surface area contributed by atoms with Crippen LogP contribution in [0.3, 0.4) is 0 Å². The summed E-state index contributed by atoms with van der Waals surface area (Å²) in [6.45, 7) is 0.592. The van der Waals surface area contributed by atoms with Gasteiger partial charge < -0.3 is 4.98 Å². The Bertz CT molecular complexity index is 1740. The van der Waals surface area contributed by atoms with E-state index in [4.69, 9.17) is 4.98 Å². The third-order valence-electron chi connectivity index (χ3n) is 6.60. The molecule has 1 aliphatic heterocycles. The minimum Gasteiger partial charge on any atom is -0.321 e. The minimum absolute atomic E-state index is 0.101. The average molecular weight is 515 g/mol. The second-order valence-electron chi connectivity index (χ2n) is 9.21. The second kappa shape index (κ2) is 8.49. The van der Waals surface area contributed by atoms with Crippen LogP contribution in [0, 0.1) is 0 Å². The van der Waals surface area contributed by atoms with E-state index in [9.17, 15) is 8.78 Å². The number of alkyl halides is 2. The molecule has 1 fully saturated rings. The van der Waals surface area contributed by atoms with Gasteiger partial charge in [-0.3, -0.25) is 15.0 Å². The molecule has 7 heterocycles. The summed E-state index contributed by atoms with van der Waals surface area (Å²) >= 11 is 1.65. The number of likely N-dealkylation sites (tertiary alicyclic amines) is 1. The van der Waals surface area contributed by atoms with E-state index in [2.05, 4.69) is 36.2 Å². The van der Waals surface area contributed by atoms with E-state index in [1.54, 1.807) is 41.0 Å². The van der Waals surface area contributed by atoms with Gasteiger partial charge in [-0.25, -0.2) is 23.7 Å². The third-order valence-corrected chi connectivity index (χ3v) is 7.50. The first-order valence-electron chi connectivity index (χ1n) is 11.8. The zero-order valence-corrected chi connectivity index (χ0v) is 20.3. The zero-order valence-electron chi connectivity index (χ0n) is 19.4. The highest BCUT2D eigenvalue weighted by Crippen LogP contribution is 2.34. The fraction of sp³-hybridized carbons (Fsp3) is 0.192. The quantitative estimate of drug-likeness (QED) is 0.314. The molecule has 0 amide bonds. The van der Waals surface area contributed by atoms with Crippen molar-refractivity contribution in [3.8, 4) is 33.1 Å². The van der Waals surface area contributed by atoms with Crippen molar-refractivity contribution in [3.05, 3.63) is 66.1 Å². The second-order valence-corrected chi connectivity index (χ2v) is 10.2. The molecule has 184 valence electrons. The number of pyridine rings is 3. The van der Waals surface area contributed by atoms with Gasteiger partial charge in [0.2, 0.25) is 0 Å². The first kappa shape index (κ1) is 22.1. The molecule has 0 spiro atoms. The molecule has 0 saturated carbocycles. The molecule has 6 aromatic rings. The summed E-state index contributed by atoms with van der Waals surface area (Å²) in [5, 5.41) is 10.3. The van der Waals surface area contributed by atoms with Crippen molar-refractivity contribution in [2.45, 2.75) is 18.9 Å². The van der Waals surface area contributed by atoms with Crippen LogP contribution in [0.1, 0.15) is 12.0 Å². The highest BCUT2D eigenvalue weighted by molar-refractivity contribution is 7.13. The SMILES string of the molecule is FC1(F)CCN(Cc2cncc(-c3cnc4[nH]nc(-c5nc6c(-c7cccs7)ccnc6[nH]5)c4c3)c2)C1. The van der Waals surface area contributed by atoms with Gasteiger partial charge in [-0.15, -0.1) is 11.3 Å². The van der Waals surface area contributed by atoms with Crippen LogP contribution in [0.4, 0.5) is 8.78 Å². The molecule has 11 heteroatoms. The highest BCUT2D eigenvalue weighted by atomic mass is 32.1. The number of halogens is 2. The monoisotopic (exact) mass is 514 g/mol. The summed E-state index contributed by atoms with van der Waals surface area (Å²) in [7, 11) is 0. The molecule has 0 atom stereocenters. The summed E-state index contributed by atoms with van der Waals surface area (Å²) in [5.74, 6) is -2.02. The number of hydrogen-bond acceptors (Lipinski definition) is 7. The molecule has 2 N–H and O–H groups in total. The number of thiophene rings is 1. The van der Waals surface area contributed by atoms with Crippen LogP contribution in [0.5, 0.6) is 0 Å². The Kier molecular flexibility index (Phi) is 5.08. The highest BCUT2D eigenvalue weighted by Gasteiger charge is 2.37. The molecule has 7 rings (SSSR count). The number of nitrogens with one attached hydrogen (secondary N) is 2. The lowest BCUT2D eigenvalue weighted by Gasteiger charge is -2.15. The predicted octanol–water partition coefficient (Wildman–Crippen LogP) is 5.53. The number of H-pyrrole nitrogens is 2. The molecule has 1 aliphatic rings. The van der Waals surface area contributed by atoms with Crippen LogP contribution in [-0.2, 0) is 6.54 Å². The van der Waals surface area contributed by atoms with Crippen molar-refractivity contribution < 1.29 is 8.78 Å². The normalized spacial score (nSPS) is 15.7. The number of fused-ring (bicyclic) bond motifs is 2. The molecule has 1 saturated heterocycles. The number of hydrogen-bond donors (Lipinski definition) is 2. The largest absolute Gasteiger partial charge is 0.321 e. The van der Waals surface area contributed by atoms with Gasteiger partial charge in [-0.2, -0.15) is 5.10 Å². The van der Waals surface area contributed by atoms with Crippen molar-refractivity contribution in [3.63, 3.8) is 0 Å². The Morgan fingerprint density at radius 2 is 1.97 bits per heavy atom. The van der Waals surface area contributed by atoms with Crippen molar-refractivity contribution in [2.24, 2.45) is 0 Å². The van der Waals surface area contributed by atoms with Gasteiger partial charge in [0.05, 0.1) is 11.9 Å². The summed E-state index contributed by atoms with van der Waals surface area (Å²) in [4.78, 5) is 24.4. The molecule has 6 aromatic heterocycles. The Balaban J connectivity index is 1.24. The molecular formula is C26H20F2N8S. The van der Waals surface area contributed by atoms with E-state index in [0.717, 1.165) is 38.0 Å². The van der Waals surface area contributed by atoms with Crippen molar-refractivity contribution in [2.75, 3.05) is 13.1 Å². The van der Waals surface area contributed by atoms with Gasteiger partial charge in [-0.05, 0) is 35.2 Å². The number of nitrogens with zero attached hydrogens (tertiary/aromatic N) is 6. The van der Waals surface area contributed by atoms with Crippen molar-refractivity contribution in [1.29, 1.82) is 0 Å². The summed E-state index contributed by atoms with van der Waals surface area (Å²) in [6, 6.07) is 10.0. The van der Waals surface area contributed by atoms with Crippen LogP contribution in [0.15, 0.2) is 60.5 Å². The van der Waals surface area contributed by atoms with E-state index < -0.39 is 5.92 Å². The Hall–Kier alpha value is -4.09. The maximum absolute atomic E-state index is 13.6. The van der Waals surface area contributed by atoms with Gasteiger partial charge in [-0.1, -0.05) is 6.07 Å².